The van der Waals surface area contributed by atoms with Gasteiger partial charge in [0.25, 0.3) is 0 Å². The Morgan fingerprint density at radius 3 is 2.76 bits per heavy atom. The van der Waals surface area contributed by atoms with Crippen LogP contribution in [0.25, 0.3) is 0 Å². The zero-order chi connectivity index (χ0) is 12.7. The van der Waals surface area contributed by atoms with Crippen molar-refractivity contribution < 1.29 is 9.53 Å². The van der Waals surface area contributed by atoms with Crippen molar-refractivity contribution in [3.63, 3.8) is 0 Å². The van der Waals surface area contributed by atoms with E-state index in [1.54, 1.807) is 0 Å². The van der Waals surface area contributed by atoms with Gasteiger partial charge in [0.2, 0.25) is 5.91 Å². The van der Waals surface area contributed by atoms with E-state index >= 15 is 0 Å². The Labute approximate surface area is 104 Å². The lowest BCUT2D eigenvalue weighted by Crippen LogP contribution is -2.40. The molecule has 0 saturated heterocycles. The van der Waals surface area contributed by atoms with E-state index in [0.717, 1.165) is 25.8 Å². The van der Waals surface area contributed by atoms with Crippen molar-refractivity contribution in [2.75, 3.05) is 32.8 Å². The second-order valence-electron chi connectivity index (χ2n) is 4.65. The molecular formula is C13H26N2O2. The molecule has 1 aliphatic carbocycles. The molecule has 2 atom stereocenters. The van der Waals surface area contributed by atoms with Gasteiger partial charge in [-0.15, -0.1) is 0 Å². The maximum atomic E-state index is 12.4. The molecule has 0 aromatic heterocycles. The molecule has 17 heavy (non-hydrogen) atoms. The fraction of sp³-hybridized carbons (Fsp3) is 0.923. The molecule has 0 unspecified atom stereocenters. The zero-order valence-electron chi connectivity index (χ0n) is 11.2. The number of likely N-dealkylation sites (N-methyl/N-ethyl adjacent to an activating group) is 1. The minimum atomic E-state index is 0.154. The fourth-order valence-corrected chi connectivity index (χ4v) is 2.62. The summed E-state index contributed by atoms with van der Waals surface area (Å²) in [5, 5.41) is 0. The minimum Gasteiger partial charge on any atom is -0.380 e. The molecule has 0 heterocycles. The van der Waals surface area contributed by atoms with Gasteiger partial charge in [-0.2, -0.15) is 0 Å². The maximum Gasteiger partial charge on any atom is 0.226 e. The summed E-state index contributed by atoms with van der Waals surface area (Å²) in [6.07, 6.45) is 3.25. The number of carbonyl (C=O) groups is 1. The van der Waals surface area contributed by atoms with Crippen molar-refractivity contribution >= 4 is 5.91 Å². The third kappa shape index (κ3) is 3.96. The van der Waals surface area contributed by atoms with Crippen LogP contribution in [0.1, 0.15) is 33.1 Å². The predicted octanol–water partition coefficient (Wildman–Crippen LogP) is 1.25. The summed E-state index contributed by atoms with van der Waals surface area (Å²) >= 11 is 0. The van der Waals surface area contributed by atoms with Gasteiger partial charge in [-0.05, 0) is 39.2 Å². The van der Waals surface area contributed by atoms with Gasteiger partial charge in [0, 0.05) is 25.6 Å². The third-order valence-corrected chi connectivity index (χ3v) is 3.68. The molecule has 0 aromatic carbocycles. The van der Waals surface area contributed by atoms with Gasteiger partial charge in [-0.1, -0.05) is 6.42 Å². The van der Waals surface area contributed by atoms with Crippen LogP contribution in [-0.4, -0.2) is 43.7 Å². The van der Waals surface area contributed by atoms with E-state index in [1.807, 2.05) is 18.7 Å². The van der Waals surface area contributed by atoms with Crippen LogP contribution in [0, 0.1) is 11.8 Å². The van der Waals surface area contributed by atoms with Crippen molar-refractivity contribution in [1.29, 1.82) is 0 Å². The Hall–Kier alpha value is -0.610. The van der Waals surface area contributed by atoms with Gasteiger partial charge in [-0.3, -0.25) is 4.79 Å². The normalized spacial score (nSPS) is 23.9. The molecule has 4 heteroatoms. The molecule has 100 valence electrons. The van der Waals surface area contributed by atoms with Crippen molar-refractivity contribution in [2.24, 2.45) is 17.6 Å². The lowest BCUT2D eigenvalue weighted by atomic mass is 9.95. The monoisotopic (exact) mass is 242 g/mol. The second-order valence-corrected chi connectivity index (χ2v) is 4.65. The van der Waals surface area contributed by atoms with Crippen LogP contribution in [0.2, 0.25) is 0 Å². The highest BCUT2D eigenvalue weighted by molar-refractivity contribution is 5.79. The standard InChI is InChI=1S/C13H26N2O2/c1-3-15(8-9-17-4-2)13(16)12-7-5-6-11(12)10-14/h11-12H,3-10,14H2,1-2H3/t11-,12-/m1/s1. The van der Waals surface area contributed by atoms with Crippen molar-refractivity contribution in [3.8, 4) is 0 Å². The topological polar surface area (TPSA) is 55.6 Å². The summed E-state index contributed by atoms with van der Waals surface area (Å²) in [5.41, 5.74) is 5.73. The lowest BCUT2D eigenvalue weighted by Gasteiger charge is -2.26. The van der Waals surface area contributed by atoms with Crippen molar-refractivity contribution in [2.45, 2.75) is 33.1 Å². The Morgan fingerprint density at radius 2 is 2.18 bits per heavy atom. The van der Waals surface area contributed by atoms with E-state index in [9.17, 15) is 4.79 Å². The fourth-order valence-electron chi connectivity index (χ4n) is 2.62. The van der Waals surface area contributed by atoms with Crippen LogP contribution in [0.3, 0.4) is 0 Å². The van der Waals surface area contributed by atoms with Crippen LogP contribution in [0.4, 0.5) is 0 Å². The van der Waals surface area contributed by atoms with E-state index in [1.165, 1.54) is 0 Å². The summed E-state index contributed by atoms with van der Waals surface area (Å²) in [5.74, 6) is 0.824. The van der Waals surface area contributed by atoms with Gasteiger partial charge < -0.3 is 15.4 Å². The molecule has 0 radical (unpaired) electrons. The quantitative estimate of drug-likeness (QED) is 0.684. The minimum absolute atomic E-state index is 0.154. The number of nitrogens with zero attached hydrogens (tertiary/aromatic N) is 1. The van der Waals surface area contributed by atoms with E-state index < -0.39 is 0 Å². The number of carbonyl (C=O) groups excluding carboxylic acids is 1. The van der Waals surface area contributed by atoms with Gasteiger partial charge in [0.15, 0.2) is 0 Å². The molecule has 0 bridgehead atoms. The Kier molecular flexibility index (Phi) is 6.52. The maximum absolute atomic E-state index is 12.4. The SMILES string of the molecule is CCOCCN(CC)C(=O)[C@@H]1CCC[C@@H]1CN. The van der Waals surface area contributed by atoms with Crippen LogP contribution >= 0.6 is 0 Å². The largest absolute Gasteiger partial charge is 0.380 e. The van der Waals surface area contributed by atoms with Gasteiger partial charge in [-0.25, -0.2) is 0 Å². The second kappa shape index (κ2) is 7.67. The van der Waals surface area contributed by atoms with E-state index in [-0.39, 0.29) is 11.8 Å². The molecule has 0 aromatic rings. The first-order valence-electron chi connectivity index (χ1n) is 6.81. The van der Waals surface area contributed by atoms with E-state index in [4.69, 9.17) is 10.5 Å². The molecule has 0 aliphatic heterocycles. The highest BCUT2D eigenvalue weighted by Crippen LogP contribution is 2.32. The number of ether oxygens (including phenoxy) is 1. The average molecular weight is 242 g/mol. The smallest absolute Gasteiger partial charge is 0.226 e. The van der Waals surface area contributed by atoms with E-state index in [2.05, 4.69) is 0 Å². The van der Waals surface area contributed by atoms with Crippen molar-refractivity contribution in [1.82, 2.24) is 4.90 Å². The van der Waals surface area contributed by atoms with Gasteiger partial charge in [0.1, 0.15) is 0 Å². The first-order valence-corrected chi connectivity index (χ1v) is 6.81. The summed E-state index contributed by atoms with van der Waals surface area (Å²) in [4.78, 5) is 14.3. The summed E-state index contributed by atoms with van der Waals surface area (Å²) in [6, 6.07) is 0. The zero-order valence-corrected chi connectivity index (χ0v) is 11.2. The van der Waals surface area contributed by atoms with Gasteiger partial charge in [0.05, 0.1) is 6.61 Å². The number of nitrogens with two attached hydrogens (primary N) is 1. The Balaban J connectivity index is 2.47. The van der Waals surface area contributed by atoms with Crippen LogP contribution in [0.15, 0.2) is 0 Å². The number of hydrogen-bond donors (Lipinski definition) is 1. The molecule has 1 amide bonds. The number of rotatable bonds is 7. The van der Waals surface area contributed by atoms with Crippen LogP contribution in [-0.2, 0) is 9.53 Å². The number of hydrogen-bond acceptors (Lipinski definition) is 3. The first kappa shape index (κ1) is 14.5. The third-order valence-electron chi connectivity index (χ3n) is 3.68. The molecule has 1 fully saturated rings. The highest BCUT2D eigenvalue weighted by atomic mass is 16.5. The first-order chi connectivity index (χ1) is 8.24. The molecule has 1 rings (SSSR count). The lowest BCUT2D eigenvalue weighted by molar-refractivity contribution is -0.137. The predicted molar refractivity (Wildman–Crippen MR) is 68.6 cm³/mol. The molecule has 1 aliphatic rings. The number of amides is 1. The van der Waals surface area contributed by atoms with Crippen molar-refractivity contribution in [3.05, 3.63) is 0 Å². The van der Waals surface area contributed by atoms with Crippen LogP contribution in [0.5, 0.6) is 0 Å². The Bertz CT molecular complexity index is 233. The summed E-state index contributed by atoms with van der Waals surface area (Å²) in [7, 11) is 0. The Morgan fingerprint density at radius 1 is 1.41 bits per heavy atom. The molecular weight excluding hydrogens is 216 g/mol. The average Bonchev–Trinajstić information content (AvgIpc) is 2.82. The summed E-state index contributed by atoms with van der Waals surface area (Å²) < 4.78 is 5.31. The molecule has 1 saturated carbocycles. The van der Waals surface area contributed by atoms with E-state index in [0.29, 0.717) is 32.2 Å². The molecule has 0 spiro atoms. The highest BCUT2D eigenvalue weighted by Gasteiger charge is 2.34. The molecule has 2 N–H and O–H groups in total. The summed E-state index contributed by atoms with van der Waals surface area (Å²) in [6.45, 7) is 7.45. The molecule has 4 nitrogen and oxygen atoms in total. The van der Waals surface area contributed by atoms with Gasteiger partial charge >= 0.3 is 0 Å². The van der Waals surface area contributed by atoms with Crippen LogP contribution < -0.4 is 5.73 Å².